The number of hydrogen-bond donors (Lipinski definition) is 1. The van der Waals surface area contributed by atoms with E-state index >= 15 is 0 Å². The molecule has 0 saturated heterocycles. The van der Waals surface area contributed by atoms with Crippen molar-refractivity contribution in [1.29, 1.82) is 0 Å². The summed E-state index contributed by atoms with van der Waals surface area (Å²) in [5, 5.41) is 2.86. The van der Waals surface area contributed by atoms with E-state index < -0.39 is 0 Å². The van der Waals surface area contributed by atoms with Crippen molar-refractivity contribution < 1.29 is 9.53 Å². The maximum atomic E-state index is 11.3. The first-order chi connectivity index (χ1) is 18.6. The molecular formula is C36H61NO2. The normalized spacial score (nSPS) is 38.9. The Morgan fingerprint density at radius 2 is 1.77 bits per heavy atom. The molecule has 0 aliphatic heterocycles. The van der Waals surface area contributed by atoms with Gasteiger partial charge in [-0.05, 0) is 128 Å². The zero-order valence-corrected chi connectivity index (χ0v) is 26.4. The molecule has 0 bridgehead atoms. The van der Waals surface area contributed by atoms with Crippen molar-refractivity contribution >= 4 is 5.91 Å². The van der Waals surface area contributed by atoms with Crippen LogP contribution < -0.4 is 5.32 Å². The standard InChI is InChI=1S/C36H61NO2/c1-8-27(25(3)4)13-12-26(5)31-16-17-32-30-15-14-28-24-29(39-23-11-10-22-37-34(38)9-2)18-20-35(28,6)33(30)19-21-36(31,32)7/h9,14-15,25-33H,2,8,10-13,16-24H2,1,3-7H3,(H,37,38)/t26-,27-,28?,29?,30+,31-,32+,33+,35+,36-/m1/s1. The van der Waals surface area contributed by atoms with E-state index in [2.05, 4.69) is 65.6 Å². The summed E-state index contributed by atoms with van der Waals surface area (Å²) in [5.41, 5.74) is 0.990. The van der Waals surface area contributed by atoms with E-state index in [4.69, 9.17) is 4.74 Å². The topological polar surface area (TPSA) is 38.3 Å². The van der Waals surface area contributed by atoms with Gasteiger partial charge >= 0.3 is 0 Å². The highest BCUT2D eigenvalue weighted by atomic mass is 16.5. The monoisotopic (exact) mass is 539 g/mol. The van der Waals surface area contributed by atoms with Gasteiger partial charge in [0.15, 0.2) is 0 Å². The number of allylic oxidation sites excluding steroid dienone is 2. The molecule has 3 nitrogen and oxygen atoms in total. The van der Waals surface area contributed by atoms with Crippen molar-refractivity contribution in [2.45, 2.75) is 125 Å². The van der Waals surface area contributed by atoms with Gasteiger partial charge in [0, 0.05) is 13.2 Å². The summed E-state index contributed by atoms with van der Waals surface area (Å²) in [6.07, 6.45) is 22.8. The van der Waals surface area contributed by atoms with Crippen LogP contribution in [-0.2, 0) is 9.53 Å². The van der Waals surface area contributed by atoms with Crippen LogP contribution in [0.2, 0.25) is 0 Å². The van der Waals surface area contributed by atoms with Gasteiger partial charge in [0.25, 0.3) is 0 Å². The van der Waals surface area contributed by atoms with Crippen LogP contribution in [-0.4, -0.2) is 25.2 Å². The van der Waals surface area contributed by atoms with Crippen LogP contribution in [0.4, 0.5) is 0 Å². The van der Waals surface area contributed by atoms with E-state index in [1.54, 1.807) is 0 Å². The van der Waals surface area contributed by atoms with Gasteiger partial charge < -0.3 is 10.1 Å². The van der Waals surface area contributed by atoms with Crippen LogP contribution in [0.25, 0.3) is 0 Å². The first-order valence-electron chi connectivity index (χ1n) is 16.8. The fourth-order valence-corrected chi connectivity index (χ4v) is 10.2. The quantitative estimate of drug-likeness (QED) is 0.144. The number of ether oxygens (including phenoxy) is 1. The maximum Gasteiger partial charge on any atom is 0.243 e. The van der Waals surface area contributed by atoms with Crippen molar-refractivity contribution in [3.8, 4) is 0 Å². The summed E-state index contributed by atoms with van der Waals surface area (Å²) in [7, 11) is 0. The fourth-order valence-electron chi connectivity index (χ4n) is 10.2. The third kappa shape index (κ3) is 6.54. The van der Waals surface area contributed by atoms with Crippen molar-refractivity contribution in [2.75, 3.05) is 13.2 Å². The summed E-state index contributed by atoms with van der Waals surface area (Å²) in [4.78, 5) is 11.3. The molecule has 0 heterocycles. The highest BCUT2D eigenvalue weighted by Gasteiger charge is 2.59. The van der Waals surface area contributed by atoms with Gasteiger partial charge in [0.1, 0.15) is 0 Å². The molecule has 4 aliphatic rings. The Morgan fingerprint density at radius 3 is 2.49 bits per heavy atom. The zero-order valence-electron chi connectivity index (χ0n) is 26.4. The minimum atomic E-state index is -0.0812. The first-order valence-corrected chi connectivity index (χ1v) is 16.8. The summed E-state index contributed by atoms with van der Waals surface area (Å²) >= 11 is 0. The van der Waals surface area contributed by atoms with Gasteiger partial charge in [0.2, 0.25) is 5.91 Å². The molecule has 0 aromatic heterocycles. The highest BCUT2D eigenvalue weighted by molar-refractivity contribution is 5.86. The second-order valence-electron chi connectivity index (χ2n) is 15.0. The van der Waals surface area contributed by atoms with Crippen LogP contribution in [0.1, 0.15) is 119 Å². The Kier molecular flexibility index (Phi) is 10.5. The summed E-state index contributed by atoms with van der Waals surface area (Å²) in [5.74, 6) is 6.64. The number of rotatable bonds is 13. The maximum absolute atomic E-state index is 11.3. The lowest BCUT2D eigenvalue weighted by molar-refractivity contribution is -0.116. The molecule has 10 atom stereocenters. The van der Waals surface area contributed by atoms with Crippen molar-refractivity contribution in [2.24, 2.45) is 58.2 Å². The van der Waals surface area contributed by atoms with Crippen LogP contribution in [0, 0.1) is 58.2 Å². The minimum Gasteiger partial charge on any atom is -0.378 e. The molecule has 2 unspecified atom stereocenters. The molecule has 0 spiro atoms. The predicted octanol–water partition coefficient (Wildman–Crippen LogP) is 8.99. The molecule has 222 valence electrons. The Morgan fingerprint density at radius 1 is 1.03 bits per heavy atom. The molecule has 0 aromatic rings. The minimum absolute atomic E-state index is 0.0812. The van der Waals surface area contributed by atoms with Crippen molar-refractivity contribution in [3.05, 3.63) is 24.8 Å². The number of hydrogen-bond acceptors (Lipinski definition) is 2. The van der Waals surface area contributed by atoms with Crippen molar-refractivity contribution in [1.82, 2.24) is 5.32 Å². The summed E-state index contributed by atoms with van der Waals surface area (Å²) < 4.78 is 6.37. The lowest BCUT2D eigenvalue weighted by atomic mass is 9.46. The third-order valence-corrected chi connectivity index (χ3v) is 12.7. The lowest BCUT2D eigenvalue weighted by Gasteiger charge is -2.59. The highest BCUT2D eigenvalue weighted by Crippen LogP contribution is 2.67. The summed E-state index contributed by atoms with van der Waals surface area (Å²) in [6.45, 7) is 20.2. The SMILES string of the molecule is C=CC(=O)NCCCCOC1CC[C@@]2(C)C(C=C[C@H]3[C@@H]4CC[C@H]([C@H](C)CC[C@@H](CC)C(C)C)[C@@]4(C)CC[C@@H]32)C1. The van der Waals surface area contributed by atoms with Crippen LogP contribution in [0.15, 0.2) is 24.8 Å². The Labute approximate surface area is 241 Å². The van der Waals surface area contributed by atoms with Crippen LogP contribution in [0.5, 0.6) is 0 Å². The van der Waals surface area contributed by atoms with Crippen molar-refractivity contribution in [3.63, 3.8) is 0 Å². The van der Waals surface area contributed by atoms with E-state index in [1.807, 2.05) is 0 Å². The van der Waals surface area contributed by atoms with Gasteiger partial charge in [-0.25, -0.2) is 0 Å². The second-order valence-corrected chi connectivity index (χ2v) is 15.0. The number of carbonyl (C=O) groups is 1. The smallest absolute Gasteiger partial charge is 0.243 e. The predicted molar refractivity (Wildman–Crippen MR) is 164 cm³/mol. The number of nitrogens with one attached hydrogen (secondary N) is 1. The van der Waals surface area contributed by atoms with E-state index in [0.29, 0.717) is 29.4 Å². The van der Waals surface area contributed by atoms with Crippen LogP contribution in [0.3, 0.4) is 0 Å². The molecule has 3 fully saturated rings. The number of fused-ring (bicyclic) bond motifs is 5. The van der Waals surface area contributed by atoms with E-state index in [1.165, 1.54) is 70.3 Å². The summed E-state index contributed by atoms with van der Waals surface area (Å²) in [6, 6.07) is 0. The Bertz CT molecular complexity index is 849. The zero-order chi connectivity index (χ0) is 28.2. The number of amides is 1. The molecule has 39 heavy (non-hydrogen) atoms. The number of carbonyl (C=O) groups excluding carboxylic acids is 1. The Hall–Kier alpha value is -1.09. The molecule has 4 rings (SSSR count). The van der Waals surface area contributed by atoms with Gasteiger partial charge in [-0.1, -0.05) is 73.1 Å². The molecule has 3 heteroatoms. The lowest BCUT2D eigenvalue weighted by Crippen LogP contribution is -2.52. The molecule has 1 N–H and O–H groups in total. The van der Waals surface area contributed by atoms with Crippen LogP contribution >= 0.6 is 0 Å². The molecule has 1 amide bonds. The average Bonchev–Trinajstić information content (AvgIpc) is 3.27. The molecule has 3 saturated carbocycles. The number of unbranched alkanes of at least 4 members (excludes halogenated alkanes) is 1. The Balaban J connectivity index is 1.31. The van der Waals surface area contributed by atoms with Gasteiger partial charge in [-0.3, -0.25) is 4.79 Å². The molecular weight excluding hydrogens is 478 g/mol. The second kappa shape index (κ2) is 13.3. The molecule has 4 aliphatic carbocycles. The largest absolute Gasteiger partial charge is 0.378 e. The first kappa shape index (κ1) is 30.9. The molecule has 0 aromatic carbocycles. The van der Waals surface area contributed by atoms with E-state index in [0.717, 1.165) is 60.9 Å². The fraction of sp³-hybridized carbons (Fsp3) is 0.861. The molecule has 0 radical (unpaired) electrons. The van der Waals surface area contributed by atoms with Gasteiger partial charge in [-0.15, -0.1) is 0 Å². The van der Waals surface area contributed by atoms with E-state index in [9.17, 15) is 4.79 Å². The van der Waals surface area contributed by atoms with Gasteiger partial charge in [0.05, 0.1) is 6.10 Å². The average molecular weight is 540 g/mol. The van der Waals surface area contributed by atoms with E-state index in [-0.39, 0.29) is 5.91 Å². The third-order valence-electron chi connectivity index (χ3n) is 12.7. The van der Waals surface area contributed by atoms with Gasteiger partial charge in [-0.2, -0.15) is 0 Å².